The van der Waals surface area contributed by atoms with E-state index in [1.807, 2.05) is 25.1 Å². The van der Waals surface area contributed by atoms with Gasteiger partial charge in [-0.25, -0.2) is 4.98 Å². The number of hydrogen-bond donors (Lipinski definition) is 0. The molecule has 0 aliphatic carbocycles. The van der Waals surface area contributed by atoms with E-state index in [0.717, 1.165) is 15.8 Å². The monoisotopic (exact) mass is 450 g/mol. The third-order valence-electron chi connectivity index (χ3n) is 4.42. The number of thiazole rings is 1. The number of rotatable bonds is 5. The minimum atomic E-state index is -0.472. The molecule has 31 heavy (non-hydrogen) atoms. The van der Waals surface area contributed by atoms with Crippen molar-refractivity contribution < 1.29 is 9.72 Å². The molecule has 9 heteroatoms. The second-order valence-corrected chi connectivity index (χ2v) is 8.13. The Labute approximate surface area is 186 Å². The van der Waals surface area contributed by atoms with E-state index in [9.17, 15) is 14.9 Å². The van der Waals surface area contributed by atoms with E-state index in [-0.39, 0.29) is 11.6 Å². The van der Waals surface area contributed by atoms with E-state index >= 15 is 0 Å². The van der Waals surface area contributed by atoms with Gasteiger partial charge in [-0.2, -0.15) is 10.1 Å². The predicted molar refractivity (Wildman–Crippen MR) is 123 cm³/mol. The number of fused-ring (bicyclic) bond motifs is 1. The summed E-state index contributed by atoms with van der Waals surface area (Å²) in [5.41, 5.74) is 2.85. The maximum absolute atomic E-state index is 13.2. The van der Waals surface area contributed by atoms with Crippen LogP contribution in [0.4, 0.5) is 10.8 Å². The van der Waals surface area contributed by atoms with Crippen LogP contribution < -0.4 is 5.01 Å². The average Bonchev–Trinajstić information content (AvgIpc) is 3.17. The molecule has 154 valence electrons. The van der Waals surface area contributed by atoms with Crippen LogP contribution in [0.15, 0.2) is 71.8 Å². The molecule has 0 saturated carbocycles. The SMILES string of the molecule is Cc1ccc2nc(N(/N=C/c3ccc([N+](=O)[O-])cc3)C(=O)c3ccc(Cl)cc3)sc2c1. The van der Waals surface area contributed by atoms with Gasteiger partial charge in [0.25, 0.3) is 11.6 Å². The number of carbonyl (C=O) groups excluding carboxylic acids is 1. The molecule has 1 aromatic heterocycles. The lowest BCUT2D eigenvalue weighted by Crippen LogP contribution is -2.25. The van der Waals surface area contributed by atoms with Gasteiger partial charge >= 0.3 is 0 Å². The highest BCUT2D eigenvalue weighted by atomic mass is 35.5. The van der Waals surface area contributed by atoms with E-state index in [4.69, 9.17) is 11.6 Å². The summed E-state index contributed by atoms with van der Waals surface area (Å²) in [4.78, 5) is 28.1. The zero-order valence-electron chi connectivity index (χ0n) is 16.2. The molecule has 4 aromatic rings. The minimum absolute atomic E-state index is 0.0206. The van der Waals surface area contributed by atoms with Crippen molar-refractivity contribution in [2.24, 2.45) is 5.10 Å². The molecular weight excluding hydrogens is 436 g/mol. The zero-order chi connectivity index (χ0) is 22.0. The molecule has 0 radical (unpaired) electrons. The van der Waals surface area contributed by atoms with Gasteiger partial charge in [-0.15, -0.1) is 0 Å². The van der Waals surface area contributed by atoms with Crippen molar-refractivity contribution in [2.75, 3.05) is 5.01 Å². The Kier molecular flexibility index (Phi) is 5.75. The number of hydrogen-bond acceptors (Lipinski definition) is 6. The third kappa shape index (κ3) is 4.60. The van der Waals surface area contributed by atoms with Gasteiger partial charge in [0, 0.05) is 22.7 Å². The van der Waals surface area contributed by atoms with Gasteiger partial charge in [0.1, 0.15) is 0 Å². The maximum atomic E-state index is 13.2. The van der Waals surface area contributed by atoms with Gasteiger partial charge in [0.2, 0.25) is 5.13 Å². The Balaban J connectivity index is 1.73. The molecule has 0 aliphatic heterocycles. The normalized spacial score (nSPS) is 11.2. The average molecular weight is 451 g/mol. The molecule has 3 aromatic carbocycles. The van der Waals surface area contributed by atoms with Crippen molar-refractivity contribution in [3.63, 3.8) is 0 Å². The third-order valence-corrected chi connectivity index (χ3v) is 5.67. The van der Waals surface area contributed by atoms with Crippen LogP contribution in [0.5, 0.6) is 0 Å². The highest BCUT2D eigenvalue weighted by Crippen LogP contribution is 2.31. The first kappa shape index (κ1) is 20.6. The highest BCUT2D eigenvalue weighted by Gasteiger charge is 2.21. The van der Waals surface area contributed by atoms with Gasteiger partial charge in [0.15, 0.2) is 0 Å². The van der Waals surface area contributed by atoms with Crippen LogP contribution in [-0.4, -0.2) is 22.0 Å². The number of nitrogens with zero attached hydrogens (tertiary/aromatic N) is 4. The number of anilines is 1. The highest BCUT2D eigenvalue weighted by molar-refractivity contribution is 7.22. The minimum Gasteiger partial charge on any atom is -0.267 e. The Hall–Kier alpha value is -3.62. The number of hydrazone groups is 1. The Morgan fingerprint density at radius 1 is 1.13 bits per heavy atom. The second kappa shape index (κ2) is 8.63. The molecule has 0 fully saturated rings. The van der Waals surface area contributed by atoms with E-state index in [2.05, 4.69) is 10.1 Å². The van der Waals surface area contributed by atoms with Gasteiger partial charge in [0.05, 0.1) is 21.4 Å². The molecule has 1 heterocycles. The molecule has 1 amide bonds. The number of non-ortho nitro benzene ring substituents is 1. The van der Waals surface area contributed by atoms with E-state index < -0.39 is 4.92 Å². The van der Waals surface area contributed by atoms with Gasteiger partial charge in [-0.3, -0.25) is 14.9 Å². The van der Waals surface area contributed by atoms with Gasteiger partial charge in [-0.1, -0.05) is 29.0 Å². The molecule has 4 rings (SSSR count). The molecular formula is C22H15ClN4O3S. The van der Waals surface area contributed by atoms with Crippen LogP contribution in [0.2, 0.25) is 5.02 Å². The zero-order valence-corrected chi connectivity index (χ0v) is 17.8. The number of benzene rings is 3. The number of halogens is 1. The van der Waals surface area contributed by atoms with Crippen molar-refractivity contribution in [3.05, 3.63) is 98.6 Å². The fourth-order valence-electron chi connectivity index (χ4n) is 2.82. The lowest BCUT2D eigenvalue weighted by atomic mass is 10.2. The first-order valence-corrected chi connectivity index (χ1v) is 10.4. The van der Waals surface area contributed by atoms with E-state index in [1.165, 1.54) is 34.7 Å². The molecule has 0 saturated heterocycles. The second-order valence-electron chi connectivity index (χ2n) is 6.68. The number of carbonyl (C=O) groups is 1. The van der Waals surface area contributed by atoms with Gasteiger partial charge < -0.3 is 0 Å². The smallest absolute Gasteiger partial charge is 0.267 e. The number of amides is 1. The molecule has 7 nitrogen and oxygen atoms in total. The van der Waals surface area contributed by atoms with Crippen molar-refractivity contribution in [3.8, 4) is 0 Å². The van der Waals surface area contributed by atoms with Crippen molar-refractivity contribution in [1.29, 1.82) is 0 Å². The van der Waals surface area contributed by atoms with Gasteiger partial charge in [-0.05, 0) is 66.6 Å². The molecule has 0 N–H and O–H groups in total. The fourth-order valence-corrected chi connectivity index (χ4v) is 3.97. The topological polar surface area (TPSA) is 88.7 Å². The largest absolute Gasteiger partial charge is 0.280 e. The van der Waals surface area contributed by atoms with Crippen molar-refractivity contribution in [2.45, 2.75) is 6.92 Å². The number of nitro groups is 1. The Morgan fingerprint density at radius 2 is 1.84 bits per heavy atom. The Morgan fingerprint density at radius 3 is 2.52 bits per heavy atom. The van der Waals surface area contributed by atoms with Crippen LogP contribution in [0.25, 0.3) is 10.2 Å². The first-order valence-electron chi connectivity index (χ1n) is 9.16. The maximum Gasteiger partial charge on any atom is 0.280 e. The van der Waals surface area contributed by atoms with Crippen LogP contribution in [-0.2, 0) is 0 Å². The standard InChI is InChI=1S/C22H15ClN4O3S/c1-14-2-11-19-20(12-14)31-22(25-19)26(21(28)16-5-7-17(23)8-6-16)24-13-15-3-9-18(10-4-15)27(29)30/h2-13H,1H3/b24-13+. The van der Waals surface area contributed by atoms with Crippen LogP contribution >= 0.6 is 22.9 Å². The summed E-state index contributed by atoms with van der Waals surface area (Å²) in [7, 11) is 0. The van der Waals surface area contributed by atoms with Crippen LogP contribution in [0.3, 0.4) is 0 Å². The number of nitro benzene ring substituents is 1. The number of aromatic nitrogens is 1. The molecule has 0 bridgehead atoms. The summed E-state index contributed by atoms with van der Waals surface area (Å²) in [5, 5.41) is 17.4. The summed E-state index contributed by atoms with van der Waals surface area (Å²) >= 11 is 7.30. The summed E-state index contributed by atoms with van der Waals surface area (Å²) in [6.45, 7) is 1.99. The van der Waals surface area contributed by atoms with Crippen molar-refractivity contribution in [1.82, 2.24) is 4.98 Å². The summed E-state index contributed by atoms with van der Waals surface area (Å²) < 4.78 is 0.939. The number of aryl methyl sites for hydroxylation is 1. The van der Waals surface area contributed by atoms with Crippen LogP contribution in [0, 0.1) is 17.0 Å². The molecule has 0 unspecified atom stereocenters. The molecule has 0 atom stereocenters. The quantitative estimate of drug-likeness (QED) is 0.217. The van der Waals surface area contributed by atoms with Crippen LogP contribution in [0.1, 0.15) is 21.5 Å². The van der Waals surface area contributed by atoms with Crippen molar-refractivity contribution >= 4 is 56.1 Å². The predicted octanol–water partition coefficient (Wildman–Crippen LogP) is 5.85. The van der Waals surface area contributed by atoms with E-state index in [1.54, 1.807) is 36.4 Å². The lowest BCUT2D eigenvalue weighted by Gasteiger charge is -2.13. The lowest BCUT2D eigenvalue weighted by molar-refractivity contribution is -0.384. The fraction of sp³-hybridized carbons (Fsp3) is 0.0455. The Bertz CT molecular complexity index is 1300. The summed E-state index contributed by atoms with van der Waals surface area (Å²) in [5.74, 6) is -0.370. The first-order chi connectivity index (χ1) is 14.9. The summed E-state index contributed by atoms with van der Waals surface area (Å²) in [6, 6.07) is 18.3. The van der Waals surface area contributed by atoms with E-state index in [0.29, 0.717) is 21.3 Å². The summed E-state index contributed by atoms with van der Waals surface area (Å²) in [6.07, 6.45) is 1.47. The molecule has 0 aliphatic rings. The molecule has 0 spiro atoms.